The first-order chi connectivity index (χ1) is 11.4. The minimum absolute atomic E-state index is 0.427. The lowest BCUT2D eigenvalue weighted by molar-refractivity contribution is 0.224. The molecule has 0 saturated heterocycles. The summed E-state index contributed by atoms with van der Waals surface area (Å²) in [6, 6.07) is 6.66. The molecule has 132 valence electrons. The first kappa shape index (κ1) is 18.9. The molecule has 6 heteroatoms. The van der Waals surface area contributed by atoms with Crippen LogP contribution in [0.1, 0.15) is 44.2 Å². The lowest BCUT2D eigenvalue weighted by Crippen LogP contribution is -2.53. The van der Waals surface area contributed by atoms with Crippen LogP contribution in [0, 0.1) is 25.7 Å². The van der Waals surface area contributed by atoms with Gasteiger partial charge in [-0.05, 0) is 73.7 Å². The Morgan fingerprint density at radius 2 is 1.75 bits per heavy atom. The highest BCUT2D eigenvalue weighted by molar-refractivity contribution is 7.80. The number of benzene rings is 1. The summed E-state index contributed by atoms with van der Waals surface area (Å²) in [6.45, 7) is 8.72. The zero-order chi connectivity index (χ0) is 17.7. The van der Waals surface area contributed by atoms with E-state index in [1.807, 2.05) is 0 Å². The van der Waals surface area contributed by atoms with Gasteiger partial charge in [-0.2, -0.15) is 0 Å². The van der Waals surface area contributed by atoms with Gasteiger partial charge in [-0.1, -0.05) is 38.8 Å². The number of anilines is 1. The second kappa shape index (κ2) is 8.62. The van der Waals surface area contributed by atoms with Crippen molar-refractivity contribution in [1.29, 1.82) is 0 Å². The Hall–Kier alpha value is -1.40. The summed E-state index contributed by atoms with van der Waals surface area (Å²) in [7, 11) is 0. The van der Waals surface area contributed by atoms with Gasteiger partial charge in [-0.3, -0.25) is 10.9 Å². The van der Waals surface area contributed by atoms with E-state index in [1.165, 1.54) is 24.8 Å². The Morgan fingerprint density at radius 1 is 1.04 bits per heavy atom. The van der Waals surface area contributed by atoms with Gasteiger partial charge in [-0.15, -0.1) is 0 Å². The third-order valence-electron chi connectivity index (χ3n) is 4.95. The average Bonchev–Trinajstić information content (AvgIpc) is 2.53. The van der Waals surface area contributed by atoms with Crippen LogP contribution in [0.25, 0.3) is 0 Å². The summed E-state index contributed by atoms with van der Waals surface area (Å²) in [6.07, 6.45) is 3.73. The third-order valence-corrected chi connectivity index (χ3v) is 5.38. The lowest BCUT2D eigenvalue weighted by Gasteiger charge is -2.35. The molecular formula is C18H28N4S2. The lowest BCUT2D eigenvalue weighted by atomic mass is 9.78. The van der Waals surface area contributed by atoms with Crippen LogP contribution in [0.15, 0.2) is 18.2 Å². The van der Waals surface area contributed by atoms with Crippen molar-refractivity contribution in [2.24, 2.45) is 11.8 Å². The van der Waals surface area contributed by atoms with E-state index in [0.29, 0.717) is 22.2 Å². The van der Waals surface area contributed by atoms with Crippen molar-refractivity contribution in [1.82, 2.24) is 16.2 Å². The first-order valence-corrected chi connectivity index (χ1v) is 9.39. The van der Waals surface area contributed by atoms with E-state index < -0.39 is 0 Å². The summed E-state index contributed by atoms with van der Waals surface area (Å²) >= 11 is 10.7. The molecule has 1 saturated carbocycles. The van der Waals surface area contributed by atoms with Crippen molar-refractivity contribution in [3.05, 3.63) is 29.3 Å². The van der Waals surface area contributed by atoms with Gasteiger partial charge in [0.1, 0.15) is 0 Å². The summed E-state index contributed by atoms with van der Waals surface area (Å²) in [5, 5.41) is 7.69. The van der Waals surface area contributed by atoms with Gasteiger partial charge in [0.25, 0.3) is 0 Å². The minimum atomic E-state index is 0.427. The molecule has 0 radical (unpaired) electrons. The maximum Gasteiger partial charge on any atom is 0.189 e. The number of hydrazine groups is 1. The molecule has 0 aromatic heterocycles. The SMILES string of the molecule is Cc1ccc(C)c(NC(=S)NNC(=S)N[C@H]2CCC[C@H](C)[C@@H]2C)c1. The molecular weight excluding hydrogens is 336 g/mol. The molecule has 0 bridgehead atoms. The minimum Gasteiger partial charge on any atom is -0.358 e. The van der Waals surface area contributed by atoms with E-state index in [-0.39, 0.29) is 0 Å². The van der Waals surface area contributed by atoms with Crippen LogP contribution < -0.4 is 21.5 Å². The molecule has 0 spiro atoms. The topological polar surface area (TPSA) is 48.1 Å². The number of hydrogen-bond donors (Lipinski definition) is 4. The number of hydrogen-bond acceptors (Lipinski definition) is 2. The summed E-state index contributed by atoms with van der Waals surface area (Å²) in [5.41, 5.74) is 9.29. The van der Waals surface area contributed by atoms with Gasteiger partial charge in [0.15, 0.2) is 10.2 Å². The largest absolute Gasteiger partial charge is 0.358 e. The Bertz CT molecular complexity index is 603. The van der Waals surface area contributed by atoms with E-state index in [0.717, 1.165) is 17.2 Å². The number of aryl methyl sites for hydroxylation is 2. The quantitative estimate of drug-likeness (QED) is 0.473. The molecule has 4 nitrogen and oxygen atoms in total. The van der Waals surface area contributed by atoms with Crippen molar-refractivity contribution in [3.63, 3.8) is 0 Å². The maximum atomic E-state index is 5.38. The Morgan fingerprint density at radius 3 is 2.50 bits per heavy atom. The highest BCUT2D eigenvalue weighted by atomic mass is 32.1. The Balaban J connectivity index is 1.79. The predicted molar refractivity (Wildman–Crippen MR) is 110 cm³/mol. The molecule has 1 aliphatic carbocycles. The smallest absolute Gasteiger partial charge is 0.189 e. The molecule has 4 N–H and O–H groups in total. The number of rotatable bonds is 2. The predicted octanol–water partition coefficient (Wildman–Crippen LogP) is 3.79. The molecule has 2 rings (SSSR count). The fourth-order valence-electron chi connectivity index (χ4n) is 3.13. The molecule has 1 aromatic rings. The van der Waals surface area contributed by atoms with E-state index in [2.05, 4.69) is 67.4 Å². The fourth-order valence-corrected chi connectivity index (χ4v) is 3.49. The molecule has 1 fully saturated rings. The monoisotopic (exact) mass is 364 g/mol. The van der Waals surface area contributed by atoms with E-state index in [1.54, 1.807) is 0 Å². The number of thiocarbonyl (C=S) groups is 2. The Labute approximate surface area is 156 Å². The van der Waals surface area contributed by atoms with Crippen LogP contribution >= 0.6 is 24.4 Å². The standard InChI is InChI=1S/C18H28N4S2/c1-11-8-9-13(3)16(10-11)20-18(24)22-21-17(23)19-15-7-5-6-12(2)14(15)4/h8-10,12,14-15H,5-7H2,1-4H3,(H2,19,21,23)(H2,20,22,24)/t12-,14-,15-/m0/s1. The van der Waals surface area contributed by atoms with E-state index in [4.69, 9.17) is 24.4 Å². The highest BCUT2D eigenvalue weighted by Gasteiger charge is 2.27. The van der Waals surface area contributed by atoms with Crippen LogP contribution in [-0.4, -0.2) is 16.3 Å². The van der Waals surface area contributed by atoms with Gasteiger partial charge in [0.2, 0.25) is 0 Å². The summed E-state index contributed by atoms with van der Waals surface area (Å²) < 4.78 is 0. The first-order valence-electron chi connectivity index (χ1n) is 8.57. The van der Waals surface area contributed by atoms with Gasteiger partial charge >= 0.3 is 0 Å². The zero-order valence-corrected chi connectivity index (χ0v) is 16.5. The van der Waals surface area contributed by atoms with E-state index in [9.17, 15) is 0 Å². The maximum absolute atomic E-state index is 5.38. The van der Waals surface area contributed by atoms with Crippen LogP contribution in [0.3, 0.4) is 0 Å². The van der Waals surface area contributed by atoms with Gasteiger partial charge < -0.3 is 10.6 Å². The molecule has 1 aliphatic rings. The van der Waals surface area contributed by atoms with Gasteiger partial charge in [0, 0.05) is 11.7 Å². The van der Waals surface area contributed by atoms with Crippen molar-refractivity contribution in [3.8, 4) is 0 Å². The van der Waals surface area contributed by atoms with Crippen LogP contribution in [0.5, 0.6) is 0 Å². The number of nitrogens with one attached hydrogen (secondary N) is 4. The van der Waals surface area contributed by atoms with Crippen LogP contribution in [-0.2, 0) is 0 Å². The van der Waals surface area contributed by atoms with Crippen LogP contribution in [0.4, 0.5) is 5.69 Å². The molecule has 1 aromatic carbocycles. The second-order valence-corrected chi connectivity index (χ2v) is 7.69. The molecule has 3 atom stereocenters. The zero-order valence-electron chi connectivity index (χ0n) is 14.9. The van der Waals surface area contributed by atoms with Gasteiger partial charge in [-0.25, -0.2) is 0 Å². The molecule has 0 unspecified atom stereocenters. The van der Waals surface area contributed by atoms with Gasteiger partial charge in [0.05, 0.1) is 0 Å². The normalized spacial score (nSPS) is 23.2. The average molecular weight is 365 g/mol. The molecule has 0 amide bonds. The summed E-state index contributed by atoms with van der Waals surface area (Å²) in [5.74, 6) is 1.36. The molecule has 0 heterocycles. The van der Waals surface area contributed by atoms with Crippen molar-refractivity contribution in [2.45, 2.75) is 53.0 Å². The second-order valence-electron chi connectivity index (χ2n) is 6.87. The van der Waals surface area contributed by atoms with Crippen molar-refractivity contribution < 1.29 is 0 Å². The van der Waals surface area contributed by atoms with Crippen molar-refractivity contribution in [2.75, 3.05) is 5.32 Å². The van der Waals surface area contributed by atoms with Crippen LogP contribution in [0.2, 0.25) is 0 Å². The fraction of sp³-hybridized carbons (Fsp3) is 0.556. The molecule has 24 heavy (non-hydrogen) atoms. The van der Waals surface area contributed by atoms with Crippen molar-refractivity contribution >= 4 is 40.3 Å². The highest BCUT2D eigenvalue weighted by Crippen LogP contribution is 2.29. The molecule has 0 aliphatic heterocycles. The summed E-state index contributed by atoms with van der Waals surface area (Å²) in [4.78, 5) is 0. The third kappa shape index (κ3) is 5.31. The Kier molecular flexibility index (Phi) is 6.80. The van der Waals surface area contributed by atoms with E-state index >= 15 is 0 Å².